The van der Waals surface area contributed by atoms with Crippen LogP contribution in [0.5, 0.6) is 0 Å². The monoisotopic (exact) mass is 282 g/mol. The molecule has 1 aliphatic rings. The van der Waals surface area contributed by atoms with Crippen molar-refractivity contribution < 1.29 is 0 Å². The molecule has 110 valence electrons. The zero-order valence-electron chi connectivity index (χ0n) is 12.7. The van der Waals surface area contributed by atoms with Crippen molar-refractivity contribution in [3.8, 4) is 11.3 Å². The topological polar surface area (TPSA) is 45.8 Å². The molecular weight excluding hydrogens is 260 g/mol. The molecule has 3 nitrogen and oxygen atoms in total. The van der Waals surface area contributed by atoms with Crippen LogP contribution in [0.1, 0.15) is 49.9 Å². The molecule has 3 rings (SSSR count). The van der Waals surface area contributed by atoms with Gasteiger partial charge >= 0.3 is 0 Å². The minimum absolute atomic E-state index is 0.00111. The second-order valence-corrected chi connectivity index (χ2v) is 6.08. The molecule has 1 aliphatic carbocycles. The number of rotatable bonds is 3. The first kappa shape index (κ1) is 14.1. The molecule has 0 spiro atoms. The molecule has 1 N–H and O–H groups in total. The van der Waals surface area contributed by atoms with E-state index in [9.17, 15) is 4.79 Å². The van der Waals surface area contributed by atoms with E-state index in [1.165, 1.54) is 12.8 Å². The van der Waals surface area contributed by atoms with E-state index >= 15 is 0 Å². The van der Waals surface area contributed by atoms with Gasteiger partial charge in [0, 0.05) is 17.0 Å². The predicted molar refractivity (Wildman–Crippen MR) is 85.4 cm³/mol. The van der Waals surface area contributed by atoms with Crippen LogP contribution in [0, 0.1) is 12.8 Å². The van der Waals surface area contributed by atoms with Gasteiger partial charge in [-0.05, 0) is 32.1 Å². The number of nitrogens with zero attached hydrogens (tertiary/aromatic N) is 1. The summed E-state index contributed by atoms with van der Waals surface area (Å²) in [6, 6.07) is 9.99. The highest BCUT2D eigenvalue weighted by molar-refractivity contribution is 5.62. The van der Waals surface area contributed by atoms with Gasteiger partial charge in [-0.1, -0.05) is 43.7 Å². The fourth-order valence-corrected chi connectivity index (χ4v) is 3.31. The van der Waals surface area contributed by atoms with Crippen LogP contribution < -0.4 is 5.56 Å². The first-order valence-corrected chi connectivity index (χ1v) is 7.85. The van der Waals surface area contributed by atoms with Gasteiger partial charge in [-0.25, -0.2) is 4.98 Å². The van der Waals surface area contributed by atoms with Crippen molar-refractivity contribution in [1.82, 2.24) is 9.97 Å². The van der Waals surface area contributed by atoms with Gasteiger partial charge in [-0.3, -0.25) is 4.79 Å². The average Bonchev–Trinajstić information content (AvgIpc) is 3.00. The Balaban J connectivity index is 2.01. The van der Waals surface area contributed by atoms with Crippen molar-refractivity contribution in [3.63, 3.8) is 0 Å². The molecule has 1 fully saturated rings. The number of nitrogens with one attached hydrogen (secondary N) is 1. The Bertz CT molecular complexity index is 675. The van der Waals surface area contributed by atoms with Crippen molar-refractivity contribution in [2.75, 3.05) is 0 Å². The van der Waals surface area contributed by atoms with Gasteiger partial charge in [0.05, 0.1) is 5.69 Å². The number of aromatic nitrogens is 2. The molecule has 0 saturated heterocycles. The molecule has 1 saturated carbocycles. The van der Waals surface area contributed by atoms with Crippen LogP contribution in [0.15, 0.2) is 35.1 Å². The first-order valence-electron chi connectivity index (χ1n) is 7.85. The van der Waals surface area contributed by atoms with Gasteiger partial charge in [0.1, 0.15) is 5.82 Å². The van der Waals surface area contributed by atoms with E-state index < -0.39 is 0 Å². The van der Waals surface area contributed by atoms with Gasteiger partial charge in [0.2, 0.25) is 0 Å². The lowest BCUT2D eigenvalue weighted by Crippen LogP contribution is -2.17. The Morgan fingerprint density at radius 1 is 1.24 bits per heavy atom. The minimum atomic E-state index is -0.00111. The Labute approximate surface area is 125 Å². The highest BCUT2D eigenvalue weighted by Crippen LogP contribution is 2.38. The van der Waals surface area contributed by atoms with Crippen molar-refractivity contribution in [3.05, 3.63) is 52.1 Å². The maximum Gasteiger partial charge on any atom is 0.254 e. The summed E-state index contributed by atoms with van der Waals surface area (Å²) in [7, 11) is 0. The lowest BCUT2D eigenvalue weighted by atomic mass is 10.0. The van der Waals surface area contributed by atoms with Crippen LogP contribution in [0.3, 0.4) is 0 Å². The van der Waals surface area contributed by atoms with E-state index in [4.69, 9.17) is 4.98 Å². The lowest BCUT2D eigenvalue weighted by molar-refractivity contribution is 0.516. The second kappa shape index (κ2) is 5.84. The van der Waals surface area contributed by atoms with Gasteiger partial charge < -0.3 is 4.98 Å². The third-order valence-corrected chi connectivity index (χ3v) is 4.72. The quantitative estimate of drug-likeness (QED) is 0.923. The summed E-state index contributed by atoms with van der Waals surface area (Å²) < 4.78 is 0. The molecule has 2 unspecified atom stereocenters. The number of benzene rings is 1. The normalized spacial score (nSPS) is 21.6. The van der Waals surface area contributed by atoms with Crippen molar-refractivity contribution in [2.24, 2.45) is 5.92 Å². The third-order valence-electron chi connectivity index (χ3n) is 4.72. The van der Waals surface area contributed by atoms with Gasteiger partial charge in [0.25, 0.3) is 5.56 Å². The van der Waals surface area contributed by atoms with Gasteiger partial charge in [0.15, 0.2) is 0 Å². The van der Waals surface area contributed by atoms with Crippen LogP contribution >= 0.6 is 0 Å². The summed E-state index contributed by atoms with van der Waals surface area (Å²) in [6.45, 7) is 4.09. The molecule has 21 heavy (non-hydrogen) atoms. The number of hydrogen-bond donors (Lipinski definition) is 1. The fourth-order valence-electron chi connectivity index (χ4n) is 3.31. The van der Waals surface area contributed by atoms with Gasteiger partial charge in [-0.2, -0.15) is 0 Å². The molecule has 1 aromatic heterocycles. The second-order valence-electron chi connectivity index (χ2n) is 6.08. The zero-order chi connectivity index (χ0) is 14.8. The summed E-state index contributed by atoms with van der Waals surface area (Å²) in [6.07, 6.45) is 4.76. The van der Waals surface area contributed by atoms with Crippen LogP contribution in [0.25, 0.3) is 11.3 Å². The molecule has 0 aliphatic heterocycles. The molecule has 2 aromatic rings. The maximum atomic E-state index is 12.2. The van der Waals surface area contributed by atoms with Crippen LogP contribution in [-0.4, -0.2) is 9.97 Å². The standard InChI is InChI=1S/C18H22N2O/c1-3-13-9-10-15(11-13)17-19-16(12(2)18(21)20-17)14-7-5-4-6-8-14/h4-8,13,15H,3,9-11H2,1-2H3,(H,19,20,21). The molecule has 0 amide bonds. The highest BCUT2D eigenvalue weighted by atomic mass is 16.1. The van der Waals surface area contributed by atoms with E-state index in [1.807, 2.05) is 37.3 Å². The van der Waals surface area contributed by atoms with Crippen LogP contribution in [0.4, 0.5) is 0 Å². The van der Waals surface area contributed by atoms with Crippen LogP contribution in [-0.2, 0) is 0 Å². The van der Waals surface area contributed by atoms with E-state index in [2.05, 4.69) is 11.9 Å². The smallest absolute Gasteiger partial charge is 0.254 e. The predicted octanol–water partition coefficient (Wildman–Crippen LogP) is 4.04. The zero-order valence-corrected chi connectivity index (χ0v) is 12.7. The van der Waals surface area contributed by atoms with Crippen molar-refractivity contribution >= 4 is 0 Å². The Morgan fingerprint density at radius 2 is 2.00 bits per heavy atom. The number of aromatic amines is 1. The fraction of sp³-hybridized carbons (Fsp3) is 0.444. The largest absolute Gasteiger partial charge is 0.310 e. The SMILES string of the molecule is CCC1CCC(c2nc(-c3ccccc3)c(C)c(=O)[nH]2)C1. The Morgan fingerprint density at radius 3 is 2.67 bits per heavy atom. The number of hydrogen-bond acceptors (Lipinski definition) is 2. The van der Waals surface area contributed by atoms with E-state index in [0.717, 1.165) is 35.8 Å². The summed E-state index contributed by atoms with van der Waals surface area (Å²) in [5, 5.41) is 0. The highest BCUT2D eigenvalue weighted by Gasteiger charge is 2.27. The molecule has 2 atom stereocenters. The Kier molecular flexibility index (Phi) is 3.91. The lowest BCUT2D eigenvalue weighted by Gasteiger charge is -2.13. The Hall–Kier alpha value is -1.90. The van der Waals surface area contributed by atoms with Crippen LogP contribution in [0.2, 0.25) is 0 Å². The van der Waals surface area contributed by atoms with Gasteiger partial charge in [-0.15, -0.1) is 0 Å². The summed E-state index contributed by atoms with van der Waals surface area (Å²) in [4.78, 5) is 20.1. The molecule has 0 bridgehead atoms. The summed E-state index contributed by atoms with van der Waals surface area (Å²) in [5.41, 5.74) is 2.55. The average molecular weight is 282 g/mol. The third kappa shape index (κ3) is 2.78. The maximum absolute atomic E-state index is 12.2. The molecule has 0 radical (unpaired) electrons. The molecular formula is C18H22N2O. The first-order chi connectivity index (χ1) is 10.2. The van der Waals surface area contributed by atoms with E-state index in [1.54, 1.807) is 0 Å². The summed E-state index contributed by atoms with van der Waals surface area (Å²) in [5.74, 6) is 2.06. The van der Waals surface area contributed by atoms with Crippen molar-refractivity contribution in [1.29, 1.82) is 0 Å². The summed E-state index contributed by atoms with van der Waals surface area (Å²) >= 11 is 0. The minimum Gasteiger partial charge on any atom is -0.310 e. The van der Waals surface area contributed by atoms with E-state index in [0.29, 0.717) is 11.5 Å². The van der Waals surface area contributed by atoms with E-state index in [-0.39, 0.29) is 5.56 Å². The number of H-pyrrole nitrogens is 1. The molecule has 3 heteroatoms. The van der Waals surface area contributed by atoms with Crippen molar-refractivity contribution in [2.45, 2.75) is 45.4 Å². The molecule has 1 aromatic carbocycles. The molecule has 1 heterocycles.